The van der Waals surface area contributed by atoms with E-state index in [1.54, 1.807) is 24.5 Å². The second kappa shape index (κ2) is 3.85. The first-order valence-electron chi connectivity index (χ1n) is 3.07. The van der Waals surface area contributed by atoms with Crippen LogP contribution in [0.2, 0.25) is 0 Å². The van der Waals surface area contributed by atoms with Gasteiger partial charge in [0.15, 0.2) is 0 Å². The molecule has 0 aliphatic heterocycles. The zero-order chi connectivity index (χ0) is 8.10. The molecular formula is C8H6ClNO. The van der Waals surface area contributed by atoms with Crippen LogP contribution in [0.1, 0.15) is 5.76 Å². The van der Waals surface area contributed by atoms with Gasteiger partial charge in [0.25, 0.3) is 0 Å². The zero-order valence-corrected chi connectivity index (χ0v) is 6.51. The highest BCUT2D eigenvalue weighted by atomic mass is 35.5. The van der Waals surface area contributed by atoms with Crippen LogP contribution in [0.4, 0.5) is 0 Å². The van der Waals surface area contributed by atoms with Gasteiger partial charge in [0.1, 0.15) is 5.76 Å². The van der Waals surface area contributed by atoms with E-state index in [1.165, 1.54) is 0 Å². The van der Waals surface area contributed by atoms with Crippen molar-refractivity contribution in [2.45, 2.75) is 0 Å². The van der Waals surface area contributed by atoms with Crippen LogP contribution in [0.5, 0.6) is 0 Å². The molecule has 3 heteroatoms. The van der Waals surface area contributed by atoms with E-state index in [0.29, 0.717) is 11.3 Å². The number of furan rings is 1. The molecule has 0 radical (unpaired) electrons. The monoisotopic (exact) mass is 167 g/mol. The highest BCUT2D eigenvalue weighted by molar-refractivity contribution is 6.20. The summed E-state index contributed by atoms with van der Waals surface area (Å²) in [6.45, 7) is 0. The lowest BCUT2D eigenvalue weighted by molar-refractivity contribution is 0.557. The summed E-state index contributed by atoms with van der Waals surface area (Å²) in [6.07, 6.45) is 3.17. The minimum Gasteiger partial charge on any atom is -0.465 e. The average molecular weight is 168 g/mol. The molecular weight excluding hydrogens is 162 g/mol. The lowest BCUT2D eigenvalue weighted by atomic mass is 10.3. The van der Waals surface area contributed by atoms with E-state index < -0.39 is 0 Å². The third-order valence-corrected chi connectivity index (χ3v) is 1.44. The standard InChI is InChI=1S/C8H6ClNO/c9-5-7(6-10)4-8-2-1-3-11-8/h1-4H,5H2. The fourth-order valence-corrected chi connectivity index (χ4v) is 0.783. The van der Waals surface area contributed by atoms with Gasteiger partial charge >= 0.3 is 0 Å². The van der Waals surface area contributed by atoms with E-state index in [0.717, 1.165) is 0 Å². The molecule has 2 nitrogen and oxygen atoms in total. The number of hydrogen-bond donors (Lipinski definition) is 0. The van der Waals surface area contributed by atoms with Crippen molar-refractivity contribution < 1.29 is 4.42 Å². The molecule has 0 N–H and O–H groups in total. The van der Waals surface area contributed by atoms with Crippen LogP contribution in [0, 0.1) is 11.3 Å². The van der Waals surface area contributed by atoms with Gasteiger partial charge in [-0.2, -0.15) is 5.26 Å². The van der Waals surface area contributed by atoms with Gasteiger partial charge in [-0.15, -0.1) is 11.6 Å². The van der Waals surface area contributed by atoms with Crippen molar-refractivity contribution >= 4 is 17.7 Å². The first-order chi connectivity index (χ1) is 5.36. The maximum absolute atomic E-state index is 8.48. The van der Waals surface area contributed by atoms with Gasteiger partial charge in [-0.1, -0.05) is 0 Å². The Hall–Kier alpha value is -1.20. The fraction of sp³-hybridized carbons (Fsp3) is 0.125. The second-order valence-corrected chi connectivity index (χ2v) is 2.20. The molecule has 0 aromatic carbocycles. The first-order valence-corrected chi connectivity index (χ1v) is 3.60. The highest BCUT2D eigenvalue weighted by Crippen LogP contribution is 2.07. The van der Waals surface area contributed by atoms with E-state index in [4.69, 9.17) is 21.3 Å². The predicted octanol–water partition coefficient (Wildman–Crippen LogP) is 2.43. The smallest absolute Gasteiger partial charge is 0.127 e. The molecule has 1 aromatic rings. The molecule has 0 atom stereocenters. The highest BCUT2D eigenvalue weighted by Gasteiger charge is 1.94. The number of rotatable bonds is 2. The fourth-order valence-electron chi connectivity index (χ4n) is 0.646. The topological polar surface area (TPSA) is 36.9 Å². The maximum Gasteiger partial charge on any atom is 0.127 e. The molecule has 0 amide bonds. The van der Waals surface area contributed by atoms with Crippen molar-refractivity contribution in [1.29, 1.82) is 5.26 Å². The number of alkyl halides is 1. The average Bonchev–Trinajstić information content (AvgIpc) is 2.52. The van der Waals surface area contributed by atoms with Gasteiger partial charge in [-0.25, -0.2) is 0 Å². The van der Waals surface area contributed by atoms with Gasteiger partial charge in [-0.05, 0) is 18.2 Å². The zero-order valence-electron chi connectivity index (χ0n) is 5.75. The van der Waals surface area contributed by atoms with Crippen LogP contribution in [0.25, 0.3) is 6.08 Å². The number of allylic oxidation sites excluding steroid dienone is 1. The van der Waals surface area contributed by atoms with E-state index in [1.807, 2.05) is 6.07 Å². The molecule has 11 heavy (non-hydrogen) atoms. The summed E-state index contributed by atoms with van der Waals surface area (Å²) in [6, 6.07) is 5.49. The number of hydrogen-bond acceptors (Lipinski definition) is 2. The molecule has 0 spiro atoms. The Morgan fingerprint density at radius 1 is 1.82 bits per heavy atom. The minimum absolute atomic E-state index is 0.219. The third-order valence-electron chi connectivity index (χ3n) is 1.15. The molecule has 1 rings (SSSR count). The van der Waals surface area contributed by atoms with Crippen molar-refractivity contribution in [2.24, 2.45) is 0 Å². The summed E-state index contributed by atoms with van der Waals surface area (Å²) in [4.78, 5) is 0. The van der Waals surface area contributed by atoms with Crippen LogP contribution in [0.3, 0.4) is 0 Å². The Morgan fingerprint density at radius 2 is 2.64 bits per heavy atom. The quantitative estimate of drug-likeness (QED) is 0.501. The van der Waals surface area contributed by atoms with Crippen molar-refractivity contribution in [3.8, 4) is 6.07 Å². The van der Waals surface area contributed by atoms with Crippen LogP contribution in [0.15, 0.2) is 28.4 Å². The summed E-state index contributed by atoms with van der Waals surface area (Å²) in [5.41, 5.74) is 0.501. The molecule has 0 saturated heterocycles. The molecule has 56 valence electrons. The summed E-state index contributed by atoms with van der Waals surface area (Å²) >= 11 is 5.45. The Morgan fingerprint density at radius 3 is 3.09 bits per heavy atom. The van der Waals surface area contributed by atoms with Crippen molar-refractivity contribution in [1.82, 2.24) is 0 Å². The Kier molecular flexibility index (Phi) is 2.76. The lowest BCUT2D eigenvalue weighted by Crippen LogP contribution is -1.77. The summed E-state index contributed by atoms with van der Waals surface area (Å²) in [7, 11) is 0. The summed E-state index contributed by atoms with van der Waals surface area (Å²) in [5, 5.41) is 8.48. The van der Waals surface area contributed by atoms with Crippen molar-refractivity contribution in [2.75, 3.05) is 5.88 Å². The number of halogens is 1. The van der Waals surface area contributed by atoms with Crippen molar-refractivity contribution in [3.05, 3.63) is 29.7 Å². The largest absolute Gasteiger partial charge is 0.465 e. The Labute approximate surface area is 69.7 Å². The predicted molar refractivity (Wildman–Crippen MR) is 43.0 cm³/mol. The summed E-state index contributed by atoms with van der Waals surface area (Å²) < 4.78 is 4.98. The van der Waals surface area contributed by atoms with E-state index in [2.05, 4.69) is 0 Å². The van der Waals surface area contributed by atoms with E-state index in [9.17, 15) is 0 Å². The normalized spacial score (nSPS) is 11.1. The van der Waals surface area contributed by atoms with Crippen LogP contribution in [-0.2, 0) is 0 Å². The third kappa shape index (κ3) is 2.14. The molecule has 0 fully saturated rings. The lowest BCUT2D eigenvalue weighted by Gasteiger charge is -1.86. The number of nitriles is 1. The van der Waals surface area contributed by atoms with Crippen LogP contribution in [-0.4, -0.2) is 5.88 Å². The molecule has 0 saturated carbocycles. The van der Waals surface area contributed by atoms with Gasteiger partial charge in [-0.3, -0.25) is 0 Å². The first kappa shape index (κ1) is 7.90. The van der Waals surface area contributed by atoms with Crippen LogP contribution < -0.4 is 0 Å². The molecule has 1 aromatic heterocycles. The second-order valence-electron chi connectivity index (χ2n) is 1.93. The number of nitrogens with zero attached hydrogens (tertiary/aromatic N) is 1. The van der Waals surface area contributed by atoms with Gasteiger partial charge in [0.05, 0.1) is 18.2 Å². The Balaban J connectivity index is 2.81. The Bertz CT molecular complexity index is 282. The van der Waals surface area contributed by atoms with Gasteiger partial charge < -0.3 is 4.42 Å². The maximum atomic E-state index is 8.48. The van der Waals surface area contributed by atoms with Crippen molar-refractivity contribution in [3.63, 3.8) is 0 Å². The van der Waals surface area contributed by atoms with Gasteiger partial charge in [0, 0.05) is 5.57 Å². The molecule has 1 heterocycles. The summed E-state index contributed by atoms with van der Waals surface area (Å²) in [5.74, 6) is 0.874. The molecule has 0 aliphatic rings. The minimum atomic E-state index is 0.219. The van der Waals surface area contributed by atoms with E-state index in [-0.39, 0.29) is 5.88 Å². The molecule has 0 bridgehead atoms. The van der Waals surface area contributed by atoms with Gasteiger partial charge in [0.2, 0.25) is 0 Å². The molecule has 0 unspecified atom stereocenters. The van der Waals surface area contributed by atoms with Crippen LogP contribution >= 0.6 is 11.6 Å². The van der Waals surface area contributed by atoms with E-state index >= 15 is 0 Å². The molecule has 0 aliphatic carbocycles. The SMILES string of the molecule is N#CC(=Cc1ccco1)CCl.